The molecule has 2 rings (SSSR count). The molecule has 0 radical (unpaired) electrons. The fraction of sp³-hybridized carbons (Fsp3) is 0.200. The molecule has 4 nitrogen and oxygen atoms in total. The normalized spacial score (nSPS) is 11.4. The summed E-state index contributed by atoms with van der Waals surface area (Å²) < 4.78 is 12.9. The maximum absolute atomic E-state index is 12.9. The number of rotatable bonds is 6. The second-order valence-corrected chi connectivity index (χ2v) is 5.63. The fourth-order valence-electron chi connectivity index (χ4n) is 2.53. The summed E-state index contributed by atoms with van der Waals surface area (Å²) in [7, 11) is 0. The molecule has 0 fully saturated rings. The van der Waals surface area contributed by atoms with Crippen LogP contribution in [-0.4, -0.2) is 16.1 Å². The fourth-order valence-corrected chi connectivity index (χ4v) is 2.53. The molecule has 1 heterocycles. The zero-order valence-corrected chi connectivity index (χ0v) is 14.3. The van der Waals surface area contributed by atoms with E-state index in [0.717, 1.165) is 29.5 Å². The summed E-state index contributed by atoms with van der Waals surface area (Å²) in [6, 6.07) is 6.46. The number of benzene rings is 1. The van der Waals surface area contributed by atoms with E-state index in [0.29, 0.717) is 5.56 Å². The molecule has 0 aliphatic rings. The Bertz CT molecular complexity index is 796. The molecule has 2 aromatic rings. The lowest BCUT2D eigenvalue weighted by Gasteiger charge is -2.10. The number of nitrogens with zero attached hydrogens (tertiary/aromatic N) is 1. The van der Waals surface area contributed by atoms with Gasteiger partial charge in [-0.15, -0.1) is 0 Å². The Kier molecular flexibility index (Phi) is 6.60. The summed E-state index contributed by atoms with van der Waals surface area (Å²) in [4.78, 5) is 15.9. The lowest BCUT2D eigenvalue weighted by Crippen LogP contribution is -2.21. The molecule has 0 spiro atoms. The predicted molar refractivity (Wildman–Crippen MR) is 96.7 cm³/mol. The summed E-state index contributed by atoms with van der Waals surface area (Å²) >= 11 is 0. The minimum absolute atomic E-state index is 0.171. The van der Waals surface area contributed by atoms with E-state index >= 15 is 0 Å². The van der Waals surface area contributed by atoms with Crippen molar-refractivity contribution in [2.24, 2.45) is 0 Å². The van der Waals surface area contributed by atoms with Crippen LogP contribution >= 0.6 is 0 Å². The van der Waals surface area contributed by atoms with E-state index in [4.69, 9.17) is 5.21 Å². The van der Waals surface area contributed by atoms with Gasteiger partial charge in [0.05, 0.1) is 0 Å². The molecule has 130 valence electrons. The van der Waals surface area contributed by atoms with Gasteiger partial charge in [-0.2, -0.15) is 0 Å². The zero-order valence-electron chi connectivity index (χ0n) is 14.3. The van der Waals surface area contributed by atoms with Gasteiger partial charge in [-0.3, -0.25) is 15.0 Å². The van der Waals surface area contributed by atoms with Crippen molar-refractivity contribution in [1.82, 2.24) is 10.5 Å². The van der Waals surface area contributed by atoms with E-state index in [1.54, 1.807) is 29.9 Å². The molecule has 1 aromatic heterocycles. The third kappa shape index (κ3) is 4.84. The molecule has 1 amide bonds. The number of hydrogen-bond acceptors (Lipinski definition) is 3. The molecule has 2 N–H and O–H groups in total. The van der Waals surface area contributed by atoms with Crippen LogP contribution in [0.1, 0.15) is 46.1 Å². The molecule has 0 saturated carbocycles. The van der Waals surface area contributed by atoms with Crippen LogP contribution in [0.4, 0.5) is 4.39 Å². The highest BCUT2D eigenvalue weighted by molar-refractivity contribution is 5.96. The summed E-state index contributed by atoms with van der Waals surface area (Å²) in [5.41, 5.74) is 5.33. The monoisotopic (exact) mass is 340 g/mol. The number of pyridine rings is 1. The standard InChI is InChI=1S/C20H21FN2O2/c1-3-6-18-17(14(2)13-22-19(18)20(24)23-25)8-5-4-7-15-9-11-16(21)12-10-15/h3,5-6,8-13,25H,4,7H2,1-2H3,(H,23,24)/b6-3+,8-5-. The lowest BCUT2D eigenvalue weighted by molar-refractivity contribution is 0.0700. The molecule has 0 aliphatic heterocycles. The maximum Gasteiger partial charge on any atom is 0.293 e. The molecule has 0 unspecified atom stereocenters. The van der Waals surface area contributed by atoms with E-state index in [1.807, 2.05) is 32.1 Å². The van der Waals surface area contributed by atoms with Crippen LogP contribution in [0, 0.1) is 12.7 Å². The van der Waals surface area contributed by atoms with Gasteiger partial charge in [-0.05, 0) is 55.5 Å². The summed E-state index contributed by atoms with van der Waals surface area (Å²) in [6.07, 6.45) is 10.8. The predicted octanol–water partition coefficient (Wildman–Crippen LogP) is 4.33. The quantitative estimate of drug-likeness (QED) is 0.608. The molecular formula is C20H21FN2O2. The van der Waals surface area contributed by atoms with Crippen molar-refractivity contribution in [3.63, 3.8) is 0 Å². The average Bonchev–Trinajstić information content (AvgIpc) is 2.62. The maximum atomic E-state index is 12.9. The zero-order chi connectivity index (χ0) is 18.2. The number of aromatic nitrogens is 1. The Morgan fingerprint density at radius 2 is 1.96 bits per heavy atom. The number of amides is 1. The molecule has 5 heteroatoms. The highest BCUT2D eigenvalue weighted by atomic mass is 19.1. The van der Waals surface area contributed by atoms with E-state index in [2.05, 4.69) is 4.98 Å². The molecule has 0 bridgehead atoms. The Hall–Kier alpha value is -2.79. The van der Waals surface area contributed by atoms with Crippen LogP contribution in [0.3, 0.4) is 0 Å². The first-order chi connectivity index (χ1) is 12.1. The molecule has 25 heavy (non-hydrogen) atoms. The number of aryl methyl sites for hydroxylation is 2. The van der Waals surface area contributed by atoms with E-state index in [1.165, 1.54) is 12.1 Å². The van der Waals surface area contributed by atoms with Crippen molar-refractivity contribution < 1.29 is 14.4 Å². The minimum atomic E-state index is -0.644. The van der Waals surface area contributed by atoms with Crippen molar-refractivity contribution in [2.75, 3.05) is 0 Å². The molecule has 0 aliphatic carbocycles. The number of hydrogen-bond donors (Lipinski definition) is 2. The van der Waals surface area contributed by atoms with Crippen LogP contribution in [0.5, 0.6) is 0 Å². The Morgan fingerprint density at radius 3 is 2.60 bits per heavy atom. The van der Waals surface area contributed by atoms with E-state index < -0.39 is 5.91 Å². The second-order valence-electron chi connectivity index (χ2n) is 5.63. The van der Waals surface area contributed by atoms with Gasteiger partial charge in [0.2, 0.25) is 0 Å². The lowest BCUT2D eigenvalue weighted by atomic mass is 9.99. The highest BCUT2D eigenvalue weighted by Crippen LogP contribution is 2.21. The van der Waals surface area contributed by atoms with Crippen molar-refractivity contribution in [2.45, 2.75) is 26.7 Å². The van der Waals surface area contributed by atoms with Gasteiger partial charge in [-0.1, -0.05) is 36.4 Å². The summed E-state index contributed by atoms with van der Waals surface area (Å²) in [5.74, 6) is -0.883. The molecule has 1 aromatic carbocycles. The largest absolute Gasteiger partial charge is 0.293 e. The minimum Gasteiger partial charge on any atom is -0.288 e. The molecule has 0 saturated heterocycles. The molecular weight excluding hydrogens is 319 g/mol. The second kappa shape index (κ2) is 8.89. The number of nitrogens with one attached hydrogen (secondary N) is 1. The van der Waals surface area contributed by atoms with Gasteiger partial charge >= 0.3 is 0 Å². The van der Waals surface area contributed by atoms with Crippen molar-refractivity contribution in [3.8, 4) is 0 Å². The van der Waals surface area contributed by atoms with Crippen LogP contribution < -0.4 is 5.48 Å². The number of allylic oxidation sites excluding steroid dienone is 2. The van der Waals surface area contributed by atoms with E-state index in [-0.39, 0.29) is 11.5 Å². The first-order valence-corrected chi connectivity index (χ1v) is 8.04. The van der Waals surface area contributed by atoms with Gasteiger partial charge in [0.15, 0.2) is 0 Å². The summed E-state index contributed by atoms with van der Waals surface area (Å²) in [6.45, 7) is 3.77. The van der Waals surface area contributed by atoms with Gasteiger partial charge in [0.1, 0.15) is 11.5 Å². The number of halogens is 1. The first kappa shape index (κ1) is 18.5. The van der Waals surface area contributed by atoms with Crippen molar-refractivity contribution in [1.29, 1.82) is 0 Å². The Labute approximate surface area is 146 Å². The SMILES string of the molecule is C/C=C/c1c(C(=O)NO)ncc(C)c1/C=C\CCc1ccc(F)cc1. The topological polar surface area (TPSA) is 62.2 Å². The third-order valence-electron chi connectivity index (χ3n) is 3.80. The number of carbonyl (C=O) groups excluding carboxylic acids is 1. The Morgan fingerprint density at radius 1 is 1.24 bits per heavy atom. The van der Waals surface area contributed by atoms with Crippen LogP contribution in [0.25, 0.3) is 12.2 Å². The van der Waals surface area contributed by atoms with Gasteiger partial charge in [0, 0.05) is 11.8 Å². The van der Waals surface area contributed by atoms with Gasteiger partial charge in [0.25, 0.3) is 5.91 Å². The van der Waals surface area contributed by atoms with Gasteiger partial charge < -0.3 is 0 Å². The van der Waals surface area contributed by atoms with Crippen LogP contribution in [0.2, 0.25) is 0 Å². The van der Waals surface area contributed by atoms with Crippen molar-refractivity contribution in [3.05, 3.63) is 76.4 Å². The Balaban J connectivity index is 2.22. The van der Waals surface area contributed by atoms with Crippen molar-refractivity contribution >= 4 is 18.1 Å². The van der Waals surface area contributed by atoms with Crippen LogP contribution in [0.15, 0.2) is 42.6 Å². The van der Waals surface area contributed by atoms with Gasteiger partial charge in [-0.25, -0.2) is 9.87 Å². The smallest absolute Gasteiger partial charge is 0.288 e. The highest BCUT2D eigenvalue weighted by Gasteiger charge is 2.14. The third-order valence-corrected chi connectivity index (χ3v) is 3.80. The first-order valence-electron chi connectivity index (χ1n) is 8.04. The average molecular weight is 340 g/mol. The van der Waals surface area contributed by atoms with E-state index in [9.17, 15) is 9.18 Å². The number of carbonyl (C=O) groups is 1. The molecule has 0 atom stereocenters. The summed E-state index contributed by atoms with van der Waals surface area (Å²) in [5, 5.41) is 8.89. The van der Waals surface area contributed by atoms with Crippen LogP contribution in [-0.2, 0) is 6.42 Å². The number of hydroxylamine groups is 1.